The average molecular weight is 418 g/mol. The predicted octanol–water partition coefficient (Wildman–Crippen LogP) is 4.21. The van der Waals surface area contributed by atoms with Crippen molar-refractivity contribution in [3.8, 4) is 0 Å². The number of ether oxygens (including phenoxy) is 2. The lowest BCUT2D eigenvalue weighted by atomic mass is 10.1. The van der Waals surface area contributed by atoms with Crippen molar-refractivity contribution in [2.24, 2.45) is 0 Å². The number of amides is 1. The Balaban J connectivity index is 1.53. The van der Waals surface area contributed by atoms with Crippen molar-refractivity contribution >= 4 is 11.9 Å². The molecule has 1 N–H and O–H groups in total. The molecule has 2 aromatic carbocycles. The van der Waals surface area contributed by atoms with Crippen LogP contribution in [-0.4, -0.2) is 23.5 Å². The molecule has 6 heteroatoms. The molecule has 6 nitrogen and oxygen atoms in total. The smallest absolute Gasteiger partial charge is 0.339 e. The minimum absolute atomic E-state index is 0.257. The van der Waals surface area contributed by atoms with Gasteiger partial charge in [-0.25, -0.2) is 9.78 Å². The summed E-state index contributed by atoms with van der Waals surface area (Å²) < 4.78 is 10.8. The lowest BCUT2D eigenvalue weighted by molar-refractivity contribution is 0.0524. The molecule has 0 aliphatic heterocycles. The van der Waals surface area contributed by atoms with E-state index in [4.69, 9.17) is 9.47 Å². The number of aromatic nitrogens is 1. The second-order valence-electron chi connectivity index (χ2n) is 7.03. The number of pyridine rings is 1. The Morgan fingerprint density at radius 3 is 2.35 bits per heavy atom. The van der Waals surface area contributed by atoms with Gasteiger partial charge in [0.25, 0.3) is 5.91 Å². The van der Waals surface area contributed by atoms with Gasteiger partial charge in [0.15, 0.2) is 0 Å². The van der Waals surface area contributed by atoms with Crippen LogP contribution in [-0.2, 0) is 29.2 Å². The van der Waals surface area contributed by atoms with Crippen LogP contribution in [0.3, 0.4) is 0 Å². The SMILES string of the molecule is CCOC(=O)c1ccc(C(=O)NCc2cccc(COCc3ccccc3)c2)nc1C. The van der Waals surface area contributed by atoms with E-state index >= 15 is 0 Å². The quantitative estimate of drug-likeness (QED) is 0.527. The van der Waals surface area contributed by atoms with Crippen molar-refractivity contribution in [3.63, 3.8) is 0 Å². The zero-order valence-electron chi connectivity index (χ0n) is 17.8. The lowest BCUT2D eigenvalue weighted by Gasteiger charge is -2.09. The maximum Gasteiger partial charge on any atom is 0.339 e. The maximum atomic E-state index is 12.5. The summed E-state index contributed by atoms with van der Waals surface area (Å²) in [5.41, 5.74) is 4.21. The first-order valence-electron chi connectivity index (χ1n) is 10.2. The third kappa shape index (κ3) is 6.49. The van der Waals surface area contributed by atoms with Gasteiger partial charge >= 0.3 is 5.97 Å². The molecule has 0 aliphatic carbocycles. The Bertz CT molecular complexity index is 1030. The maximum absolute atomic E-state index is 12.5. The molecular formula is C25H26N2O4. The van der Waals surface area contributed by atoms with Crippen LogP contribution in [0.25, 0.3) is 0 Å². The number of carbonyl (C=O) groups excluding carboxylic acids is 2. The van der Waals surface area contributed by atoms with E-state index < -0.39 is 5.97 Å². The summed E-state index contributed by atoms with van der Waals surface area (Å²) in [4.78, 5) is 28.6. The monoisotopic (exact) mass is 418 g/mol. The molecule has 0 radical (unpaired) electrons. The van der Waals surface area contributed by atoms with Crippen LogP contribution in [0.15, 0.2) is 66.7 Å². The van der Waals surface area contributed by atoms with E-state index in [9.17, 15) is 9.59 Å². The number of hydrogen-bond acceptors (Lipinski definition) is 5. The van der Waals surface area contributed by atoms with E-state index in [0.29, 0.717) is 31.0 Å². The van der Waals surface area contributed by atoms with Gasteiger partial charge in [-0.05, 0) is 42.7 Å². The molecule has 0 spiro atoms. The van der Waals surface area contributed by atoms with Crippen LogP contribution >= 0.6 is 0 Å². The zero-order chi connectivity index (χ0) is 22.1. The molecule has 0 fully saturated rings. The van der Waals surface area contributed by atoms with Crippen molar-refractivity contribution < 1.29 is 19.1 Å². The van der Waals surface area contributed by atoms with E-state index in [1.807, 2.05) is 54.6 Å². The lowest BCUT2D eigenvalue weighted by Crippen LogP contribution is -2.24. The van der Waals surface area contributed by atoms with Gasteiger partial charge in [0, 0.05) is 6.54 Å². The summed E-state index contributed by atoms with van der Waals surface area (Å²) in [6.45, 7) is 5.12. The largest absolute Gasteiger partial charge is 0.462 e. The third-order valence-corrected chi connectivity index (χ3v) is 4.64. The molecule has 0 saturated heterocycles. The number of nitrogens with zero attached hydrogens (tertiary/aromatic N) is 1. The van der Waals surface area contributed by atoms with E-state index in [-0.39, 0.29) is 18.2 Å². The highest BCUT2D eigenvalue weighted by Crippen LogP contribution is 2.11. The Morgan fingerprint density at radius 2 is 1.61 bits per heavy atom. The molecule has 0 atom stereocenters. The van der Waals surface area contributed by atoms with Crippen molar-refractivity contribution in [3.05, 3.63) is 100 Å². The van der Waals surface area contributed by atoms with Crippen molar-refractivity contribution in [1.29, 1.82) is 0 Å². The summed E-state index contributed by atoms with van der Waals surface area (Å²) in [6, 6.07) is 21.0. The topological polar surface area (TPSA) is 77.5 Å². The Kier molecular flexibility index (Phi) is 7.90. The van der Waals surface area contributed by atoms with Crippen LogP contribution in [0.5, 0.6) is 0 Å². The molecule has 0 bridgehead atoms. The van der Waals surface area contributed by atoms with E-state index in [0.717, 1.165) is 16.7 Å². The third-order valence-electron chi connectivity index (χ3n) is 4.64. The predicted molar refractivity (Wildman–Crippen MR) is 117 cm³/mol. The van der Waals surface area contributed by atoms with Crippen LogP contribution in [0, 0.1) is 6.92 Å². The van der Waals surface area contributed by atoms with Crippen molar-refractivity contribution in [2.45, 2.75) is 33.6 Å². The molecule has 0 unspecified atom stereocenters. The molecule has 0 aliphatic rings. The number of nitrogens with one attached hydrogen (secondary N) is 1. The number of esters is 1. The molecule has 160 valence electrons. The molecule has 3 rings (SSSR count). The van der Waals surface area contributed by atoms with E-state index in [2.05, 4.69) is 10.3 Å². The van der Waals surface area contributed by atoms with Gasteiger partial charge in [0.2, 0.25) is 0 Å². The second kappa shape index (κ2) is 11.0. The van der Waals surface area contributed by atoms with Crippen LogP contribution in [0.2, 0.25) is 0 Å². The number of rotatable bonds is 9. The number of carbonyl (C=O) groups is 2. The Labute approximate surface area is 182 Å². The summed E-state index contributed by atoms with van der Waals surface area (Å²) in [6.07, 6.45) is 0. The molecule has 31 heavy (non-hydrogen) atoms. The zero-order valence-corrected chi connectivity index (χ0v) is 17.8. The van der Waals surface area contributed by atoms with Crippen molar-refractivity contribution in [2.75, 3.05) is 6.61 Å². The fraction of sp³-hybridized carbons (Fsp3) is 0.240. The van der Waals surface area contributed by atoms with Gasteiger partial charge in [0.1, 0.15) is 5.69 Å². The average Bonchev–Trinajstić information content (AvgIpc) is 2.78. The molecule has 3 aromatic rings. The summed E-state index contributed by atoms with van der Waals surface area (Å²) in [5.74, 6) is -0.741. The van der Waals surface area contributed by atoms with Gasteiger partial charge in [-0.3, -0.25) is 4.79 Å². The first-order valence-corrected chi connectivity index (χ1v) is 10.2. The van der Waals surface area contributed by atoms with Crippen LogP contribution < -0.4 is 5.32 Å². The summed E-state index contributed by atoms with van der Waals surface area (Å²) >= 11 is 0. The highest BCUT2D eigenvalue weighted by atomic mass is 16.5. The van der Waals surface area contributed by atoms with Gasteiger partial charge in [0.05, 0.1) is 31.1 Å². The minimum atomic E-state index is -0.439. The first-order chi connectivity index (χ1) is 15.1. The van der Waals surface area contributed by atoms with Gasteiger partial charge in [-0.15, -0.1) is 0 Å². The van der Waals surface area contributed by atoms with Gasteiger partial charge in [-0.2, -0.15) is 0 Å². The minimum Gasteiger partial charge on any atom is -0.462 e. The fourth-order valence-corrected chi connectivity index (χ4v) is 3.08. The van der Waals surface area contributed by atoms with Gasteiger partial charge in [-0.1, -0.05) is 54.6 Å². The molecule has 0 saturated carbocycles. The number of benzene rings is 2. The molecule has 1 aromatic heterocycles. The van der Waals surface area contributed by atoms with Crippen LogP contribution in [0.4, 0.5) is 0 Å². The highest BCUT2D eigenvalue weighted by Gasteiger charge is 2.14. The van der Waals surface area contributed by atoms with Crippen LogP contribution in [0.1, 0.15) is 50.2 Å². The van der Waals surface area contributed by atoms with E-state index in [1.54, 1.807) is 19.9 Å². The molecular weight excluding hydrogens is 392 g/mol. The molecule has 1 amide bonds. The summed E-state index contributed by atoms with van der Waals surface area (Å²) in [7, 11) is 0. The molecule has 1 heterocycles. The highest BCUT2D eigenvalue weighted by molar-refractivity contribution is 5.95. The second-order valence-corrected chi connectivity index (χ2v) is 7.03. The normalized spacial score (nSPS) is 10.5. The Hall–Kier alpha value is -3.51. The van der Waals surface area contributed by atoms with Gasteiger partial charge < -0.3 is 14.8 Å². The fourth-order valence-electron chi connectivity index (χ4n) is 3.08. The summed E-state index contributed by atoms with van der Waals surface area (Å²) in [5, 5.41) is 2.87. The Morgan fingerprint density at radius 1 is 0.903 bits per heavy atom. The first kappa shape index (κ1) is 22.2. The number of aryl methyl sites for hydroxylation is 1. The van der Waals surface area contributed by atoms with E-state index in [1.165, 1.54) is 6.07 Å². The number of hydrogen-bond donors (Lipinski definition) is 1. The standard InChI is InChI=1S/C25H26N2O4/c1-3-31-25(29)22-12-13-23(27-18(22)2)24(28)26-15-20-10-7-11-21(14-20)17-30-16-19-8-5-4-6-9-19/h4-14H,3,15-17H2,1-2H3,(H,26,28). The van der Waals surface area contributed by atoms with Crippen molar-refractivity contribution in [1.82, 2.24) is 10.3 Å².